The van der Waals surface area contributed by atoms with E-state index in [2.05, 4.69) is 18.7 Å². The fourth-order valence-corrected chi connectivity index (χ4v) is 2.19. The number of anilines is 1. The maximum atomic E-state index is 11.0. The van der Waals surface area contributed by atoms with Crippen LogP contribution in [-0.4, -0.2) is 30.8 Å². The zero-order valence-electron chi connectivity index (χ0n) is 10.1. The first-order valence-corrected chi connectivity index (χ1v) is 5.91. The second kappa shape index (κ2) is 4.65. The molecular weight excluding hydrogens is 218 g/mol. The second-order valence-electron chi connectivity index (χ2n) is 4.10. The highest BCUT2D eigenvalue weighted by atomic mass is 16.5. The highest BCUT2D eigenvalue weighted by Crippen LogP contribution is 2.36. The molecule has 1 heterocycles. The van der Waals surface area contributed by atoms with E-state index < -0.39 is 11.9 Å². The van der Waals surface area contributed by atoms with Gasteiger partial charge in [-0.05, 0) is 19.9 Å². The number of fused-ring (bicyclic) bond motifs is 1. The third-order valence-corrected chi connectivity index (χ3v) is 3.20. The van der Waals surface area contributed by atoms with Gasteiger partial charge in [0.05, 0.1) is 0 Å². The van der Waals surface area contributed by atoms with E-state index in [9.17, 15) is 4.79 Å². The van der Waals surface area contributed by atoms with E-state index >= 15 is 0 Å². The standard InChI is InChI=1S/C13H17NO3/c1-3-14(4-2)9-5-6-10-11(13(15)16)8-17-12(10)7-9/h5-7,11H,3-4,8H2,1-2H3,(H,15,16). The maximum Gasteiger partial charge on any atom is 0.314 e. The molecule has 1 aromatic rings. The van der Waals surface area contributed by atoms with Crippen molar-refractivity contribution in [1.82, 2.24) is 0 Å². The quantitative estimate of drug-likeness (QED) is 0.868. The highest BCUT2D eigenvalue weighted by Gasteiger charge is 2.30. The molecule has 92 valence electrons. The molecule has 0 aliphatic carbocycles. The van der Waals surface area contributed by atoms with Gasteiger partial charge in [-0.15, -0.1) is 0 Å². The highest BCUT2D eigenvalue weighted by molar-refractivity contribution is 5.79. The summed E-state index contributed by atoms with van der Waals surface area (Å²) in [4.78, 5) is 13.2. The molecule has 4 nitrogen and oxygen atoms in total. The molecule has 1 atom stereocenters. The van der Waals surface area contributed by atoms with Gasteiger partial charge in [-0.2, -0.15) is 0 Å². The smallest absolute Gasteiger partial charge is 0.314 e. The molecular formula is C13H17NO3. The summed E-state index contributed by atoms with van der Waals surface area (Å²) in [6, 6.07) is 5.77. The minimum Gasteiger partial charge on any atom is -0.492 e. The normalized spacial score (nSPS) is 17.4. The molecule has 2 rings (SSSR count). The van der Waals surface area contributed by atoms with Crippen molar-refractivity contribution in [1.29, 1.82) is 0 Å². The third-order valence-electron chi connectivity index (χ3n) is 3.20. The molecule has 0 saturated heterocycles. The van der Waals surface area contributed by atoms with Gasteiger partial charge in [0, 0.05) is 30.4 Å². The van der Waals surface area contributed by atoms with Crippen molar-refractivity contribution in [2.45, 2.75) is 19.8 Å². The summed E-state index contributed by atoms with van der Waals surface area (Å²) in [6.07, 6.45) is 0. The molecule has 1 unspecified atom stereocenters. The van der Waals surface area contributed by atoms with Crippen LogP contribution in [0.3, 0.4) is 0 Å². The van der Waals surface area contributed by atoms with E-state index in [1.807, 2.05) is 18.2 Å². The molecule has 17 heavy (non-hydrogen) atoms. The van der Waals surface area contributed by atoms with E-state index in [0.29, 0.717) is 5.75 Å². The Kier molecular flexibility index (Phi) is 3.22. The first kappa shape index (κ1) is 11.8. The van der Waals surface area contributed by atoms with Gasteiger partial charge in [-0.25, -0.2) is 0 Å². The van der Waals surface area contributed by atoms with Crippen LogP contribution in [0.2, 0.25) is 0 Å². The van der Waals surface area contributed by atoms with Crippen LogP contribution >= 0.6 is 0 Å². The predicted octanol–water partition coefficient (Wildman–Crippen LogP) is 2.09. The van der Waals surface area contributed by atoms with Gasteiger partial charge in [-0.1, -0.05) is 6.07 Å². The Labute approximate surface area is 101 Å². The lowest BCUT2D eigenvalue weighted by Gasteiger charge is -2.21. The number of benzene rings is 1. The first-order valence-electron chi connectivity index (χ1n) is 5.91. The topological polar surface area (TPSA) is 49.8 Å². The van der Waals surface area contributed by atoms with Crippen molar-refractivity contribution in [3.05, 3.63) is 23.8 Å². The van der Waals surface area contributed by atoms with Crippen molar-refractivity contribution < 1.29 is 14.6 Å². The number of carboxylic acids is 1. The van der Waals surface area contributed by atoms with Crippen LogP contribution < -0.4 is 9.64 Å². The van der Waals surface area contributed by atoms with Gasteiger partial charge in [-0.3, -0.25) is 4.79 Å². The summed E-state index contributed by atoms with van der Waals surface area (Å²) in [5.41, 5.74) is 1.87. The van der Waals surface area contributed by atoms with Crippen LogP contribution in [0.25, 0.3) is 0 Å². The van der Waals surface area contributed by atoms with Crippen LogP contribution in [0.1, 0.15) is 25.3 Å². The fraction of sp³-hybridized carbons (Fsp3) is 0.462. The minimum absolute atomic E-state index is 0.242. The average molecular weight is 235 g/mol. The Morgan fingerprint density at radius 1 is 1.47 bits per heavy atom. The van der Waals surface area contributed by atoms with Crippen LogP contribution in [0.15, 0.2) is 18.2 Å². The van der Waals surface area contributed by atoms with Gasteiger partial charge in [0.25, 0.3) is 0 Å². The van der Waals surface area contributed by atoms with Gasteiger partial charge >= 0.3 is 5.97 Å². The van der Waals surface area contributed by atoms with Crippen molar-refractivity contribution in [3.8, 4) is 5.75 Å². The second-order valence-corrected chi connectivity index (χ2v) is 4.10. The summed E-state index contributed by atoms with van der Waals surface area (Å²) in [5.74, 6) is -0.628. The lowest BCUT2D eigenvalue weighted by Crippen LogP contribution is -2.21. The van der Waals surface area contributed by atoms with Crippen LogP contribution in [0.4, 0.5) is 5.69 Å². The molecule has 0 aromatic heterocycles. The molecule has 1 aromatic carbocycles. The number of hydrogen-bond donors (Lipinski definition) is 1. The summed E-state index contributed by atoms with van der Waals surface area (Å²) >= 11 is 0. The van der Waals surface area contributed by atoms with Crippen LogP contribution in [0, 0.1) is 0 Å². The largest absolute Gasteiger partial charge is 0.492 e. The molecule has 0 saturated carbocycles. The van der Waals surface area contributed by atoms with E-state index in [1.165, 1.54) is 0 Å². The summed E-state index contributed by atoms with van der Waals surface area (Å²) < 4.78 is 5.44. The molecule has 1 aliphatic heterocycles. The van der Waals surface area contributed by atoms with E-state index in [4.69, 9.17) is 9.84 Å². The molecule has 0 spiro atoms. The number of ether oxygens (including phenoxy) is 1. The van der Waals surface area contributed by atoms with E-state index in [-0.39, 0.29) is 6.61 Å². The Bertz CT molecular complexity index is 427. The molecule has 0 radical (unpaired) electrons. The summed E-state index contributed by atoms with van der Waals surface area (Å²) in [7, 11) is 0. The summed E-state index contributed by atoms with van der Waals surface area (Å²) in [6.45, 7) is 6.29. The fourth-order valence-electron chi connectivity index (χ4n) is 2.19. The first-order chi connectivity index (χ1) is 8.17. The number of hydrogen-bond acceptors (Lipinski definition) is 3. The van der Waals surface area contributed by atoms with Gasteiger partial charge in [0.1, 0.15) is 18.3 Å². The van der Waals surface area contributed by atoms with Gasteiger partial charge in [0.15, 0.2) is 0 Å². The van der Waals surface area contributed by atoms with Crippen molar-refractivity contribution in [3.63, 3.8) is 0 Å². The molecule has 4 heteroatoms. The molecule has 1 aliphatic rings. The lowest BCUT2D eigenvalue weighted by atomic mass is 10.0. The lowest BCUT2D eigenvalue weighted by molar-refractivity contribution is -0.138. The Morgan fingerprint density at radius 2 is 2.18 bits per heavy atom. The van der Waals surface area contributed by atoms with Crippen LogP contribution in [-0.2, 0) is 4.79 Å². The maximum absolute atomic E-state index is 11.0. The monoisotopic (exact) mass is 235 g/mol. The van der Waals surface area contributed by atoms with Crippen molar-refractivity contribution >= 4 is 11.7 Å². The Morgan fingerprint density at radius 3 is 2.76 bits per heavy atom. The predicted molar refractivity (Wildman–Crippen MR) is 65.9 cm³/mol. The van der Waals surface area contributed by atoms with Gasteiger partial charge < -0.3 is 14.7 Å². The van der Waals surface area contributed by atoms with E-state index in [1.54, 1.807) is 0 Å². The average Bonchev–Trinajstić information content (AvgIpc) is 2.73. The van der Waals surface area contributed by atoms with Crippen molar-refractivity contribution in [2.75, 3.05) is 24.6 Å². The molecule has 0 bridgehead atoms. The SMILES string of the molecule is CCN(CC)c1ccc2c(c1)OCC2C(=O)O. The van der Waals surface area contributed by atoms with Crippen molar-refractivity contribution in [2.24, 2.45) is 0 Å². The Hall–Kier alpha value is -1.71. The number of carboxylic acid groups (broad SMARTS) is 1. The molecule has 1 N–H and O–H groups in total. The zero-order valence-corrected chi connectivity index (χ0v) is 10.1. The number of aliphatic carboxylic acids is 1. The zero-order chi connectivity index (χ0) is 12.4. The molecule has 0 fully saturated rings. The van der Waals surface area contributed by atoms with Crippen LogP contribution in [0.5, 0.6) is 5.75 Å². The summed E-state index contributed by atoms with van der Waals surface area (Å²) in [5, 5.41) is 9.04. The molecule has 0 amide bonds. The Balaban J connectivity index is 2.31. The number of nitrogens with zero attached hydrogens (tertiary/aromatic N) is 1. The minimum atomic E-state index is -0.820. The van der Waals surface area contributed by atoms with Gasteiger partial charge in [0.2, 0.25) is 0 Å². The number of carbonyl (C=O) groups is 1. The van der Waals surface area contributed by atoms with E-state index in [0.717, 1.165) is 24.3 Å². The number of rotatable bonds is 4. The third kappa shape index (κ3) is 2.07.